The molecule has 1 N–H and O–H groups in total. The molecule has 5 nitrogen and oxygen atoms in total. The second kappa shape index (κ2) is 9.00. The van der Waals surface area contributed by atoms with Crippen molar-refractivity contribution in [1.29, 1.82) is 0 Å². The Morgan fingerprint density at radius 2 is 1.64 bits per heavy atom. The number of hydrogen-bond acceptors (Lipinski definition) is 4. The number of hydrogen-bond donors (Lipinski definition) is 1. The molecule has 1 aliphatic carbocycles. The van der Waals surface area contributed by atoms with Gasteiger partial charge in [-0.2, -0.15) is 0 Å². The van der Waals surface area contributed by atoms with Gasteiger partial charge in [-0.1, -0.05) is 60.2 Å². The van der Waals surface area contributed by atoms with Crippen molar-refractivity contribution in [3.05, 3.63) is 131 Å². The summed E-state index contributed by atoms with van der Waals surface area (Å²) in [6, 6.07) is 28.4. The minimum Gasteiger partial charge on any atom is -0.469 e. The lowest BCUT2D eigenvalue weighted by molar-refractivity contribution is -0.116. The minimum absolute atomic E-state index is 0.0226. The van der Waals surface area contributed by atoms with E-state index in [1.54, 1.807) is 11.2 Å². The number of para-hydroxylation sites is 2. The van der Waals surface area contributed by atoms with E-state index in [1.807, 2.05) is 97.9 Å². The number of carbonyl (C=O) groups is 2. The molecule has 0 saturated heterocycles. The van der Waals surface area contributed by atoms with Gasteiger partial charge in [-0.25, -0.2) is 0 Å². The topological polar surface area (TPSA) is 62.6 Å². The molecule has 2 heterocycles. The summed E-state index contributed by atoms with van der Waals surface area (Å²) in [6.07, 6.45) is 2.60. The lowest BCUT2D eigenvalue weighted by atomic mass is 9.80. The van der Waals surface area contributed by atoms with Crippen LogP contribution >= 0.6 is 0 Å². The lowest BCUT2D eigenvalue weighted by Crippen LogP contribution is -2.38. The first-order valence-corrected chi connectivity index (χ1v) is 12.2. The normalized spacial score (nSPS) is 19.2. The third-order valence-electron chi connectivity index (χ3n) is 7.07. The zero-order valence-electron chi connectivity index (χ0n) is 20.0. The van der Waals surface area contributed by atoms with Gasteiger partial charge in [0.1, 0.15) is 5.76 Å². The monoisotopic (exact) mass is 474 g/mol. The standard InChI is InChI=1S/C31H26N2O3/c1-20-13-15-21(16-14-20)30-29-25(18-23(19-27(29)34)28-12-7-17-36-28)32-24-10-5-6-11-26(24)33(30)31(35)22-8-3-2-4-9-22/h2-17,23,30,32H,18-19H2,1H3/t23-,30+/m0/s1. The highest BCUT2D eigenvalue weighted by Crippen LogP contribution is 2.47. The van der Waals surface area contributed by atoms with Gasteiger partial charge in [0.05, 0.1) is 23.7 Å². The smallest absolute Gasteiger partial charge is 0.259 e. The lowest BCUT2D eigenvalue weighted by Gasteiger charge is -2.35. The van der Waals surface area contributed by atoms with Gasteiger partial charge >= 0.3 is 0 Å². The number of aryl methyl sites for hydroxylation is 1. The van der Waals surface area contributed by atoms with E-state index in [0.29, 0.717) is 24.0 Å². The van der Waals surface area contributed by atoms with E-state index >= 15 is 0 Å². The summed E-state index contributed by atoms with van der Waals surface area (Å²) in [5, 5.41) is 3.55. The summed E-state index contributed by atoms with van der Waals surface area (Å²) in [5.41, 5.74) is 5.63. The molecule has 3 aromatic carbocycles. The van der Waals surface area contributed by atoms with Gasteiger partial charge in [0.2, 0.25) is 0 Å². The van der Waals surface area contributed by atoms with Crippen LogP contribution in [-0.4, -0.2) is 11.7 Å². The van der Waals surface area contributed by atoms with E-state index in [4.69, 9.17) is 4.42 Å². The zero-order valence-corrected chi connectivity index (χ0v) is 20.0. The molecule has 0 fully saturated rings. The Hall–Kier alpha value is -4.38. The van der Waals surface area contributed by atoms with Gasteiger partial charge in [0.25, 0.3) is 5.91 Å². The number of fused-ring (bicyclic) bond motifs is 1. The molecule has 0 radical (unpaired) electrons. The molecule has 2 atom stereocenters. The molecule has 2 aliphatic rings. The van der Waals surface area contributed by atoms with Gasteiger partial charge in [0, 0.05) is 29.2 Å². The molecule has 0 spiro atoms. The predicted molar refractivity (Wildman–Crippen MR) is 140 cm³/mol. The number of allylic oxidation sites excluding steroid dienone is 1. The molecule has 6 rings (SSSR count). The molecular weight excluding hydrogens is 448 g/mol. The summed E-state index contributed by atoms with van der Waals surface area (Å²) in [7, 11) is 0. The van der Waals surface area contributed by atoms with Gasteiger partial charge in [-0.3, -0.25) is 14.5 Å². The second-order valence-corrected chi connectivity index (χ2v) is 9.43. The van der Waals surface area contributed by atoms with E-state index in [2.05, 4.69) is 5.32 Å². The van der Waals surface area contributed by atoms with Crippen LogP contribution in [0.3, 0.4) is 0 Å². The maximum Gasteiger partial charge on any atom is 0.259 e. The third kappa shape index (κ3) is 3.83. The first-order valence-electron chi connectivity index (χ1n) is 12.2. The fourth-order valence-corrected chi connectivity index (χ4v) is 5.32. The third-order valence-corrected chi connectivity index (χ3v) is 7.07. The second-order valence-electron chi connectivity index (χ2n) is 9.43. The number of Topliss-reactive ketones (excluding diaryl/α,β-unsaturated/α-hetero) is 1. The van der Waals surface area contributed by atoms with Crippen LogP contribution in [0.15, 0.2) is 113 Å². The number of nitrogens with zero attached hydrogens (tertiary/aromatic N) is 1. The predicted octanol–water partition coefficient (Wildman–Crippen LogP) is 6.80. The molecule has 1 aromatic heterocycles. The molecule has 1 aliphatic heterocycles. The van der Waals surface area contributed by atoms with Crippen molar-refractivity contribution in [2.75, 3.05) is 10.2 Å². The van der Waals surface area contributed by atoms with Crippen LogP contribution in [0.1, 0.15) is 52.0 Å². The highest BCUT2D eigenvalue weighted by Gasteiger charge is 2.42. The first-order chi connectivity index (χ1) is 17.6. The highest BCUT2D eigenvalue weighted by molar-refractivity contribution is 6.12. The van der Waals surface area contributed by atoms with Crippen LogP contribution < -0.4 is 10.2 Å². The maximum absolute atomic E-state index is 14.1. The van der Waals surface area contributed by atoms with Crippen LogP contribution in [-0.2, 0) is 4.79 Å². The van der Waals surface area contributed by atoms with Crippen LogP contribution in [0.25, 0.3) is 0 Å². The Kier molecular flexibility index (Phi) is 5.53. The zero-order chi connectivity index (χ0) is 24.6. The first kappa shape index (κ1) is 22.1. The van der Waals surface area contributed by atoms with E-state index < -0.39 is 6.04 Å². The Morgan fingerprint density at radius 3 is 2.39 bits per heavy atom. The number of carbonyl (C=O) groups excluding carboxylic acids is 2. The van der Waals surface area contributed by atoms with E-state index in [-0.39, 0.29) is 17.6 Å². The average Bonchev–Trinajstić information content (AvgIpc) is 3.40. The average molecular weight is 475 g/mol. The van der Waals surface area contributed by atoms with Crippen LogP contribution in [0.2, 0.25) is 0 Å². The number of rotatable bonds is 3. The SMILES string of the molecule is Cc1ccc([C@@H]2C3=C(C[C@H](c4ccco4)CC3=O)Nc3ccccc3N2C(=O)c2ccccc2)cc1. The van der Waals surface area contributed by atoms with E-state index in [9.17, 15) is 9.59 Å². The molecule has 1 amide bonds. The van der Waals surface area contributed by atoms with E-state index in [1.165, 1.54) is 0 Å². The number of anilines is 2. The summed E-state index contributed by atoms with van der Waals surface area (Å²) in [4.78, 5) is 29.9. The summed E-state index contributed by atoms with van der Waals surface area (Å²) < 4.78 is 5.68. The van der Waals surface area contributed by atoms with Crippen LogP contribution in [0.5, 0.6) is 0 Å². The molecule has 0 bridgehead atoms. The van der Waals surface area contributed by atoms with Crippen molar-refractivity contribution < 1.29 is 14.0 Å². The summed E-state index contributed by atoms with van der Waals surface area (Å²) >= 11 is 0. The number of amides is 1. The fourth-order valence-electron chi connectivity index (χ4n) is 5.32. The van der Waals surface area contributed by atoms with Gasteiger partial charge in [0.15, 0.2) is 5.78 Å². The van der Waals surface area contributed by atoms with Crippen molar-refractivity contribution in [2.24, 2.45) is 0 Å². The fraction of sp³-hybridized carbons (Fsp3) is 0.161. The minimum atomic E-state index is -0.561. The number of furan rings is 1. The van der Waals surface area contributed by atoms with Crippen molar-refractivity contribution in [2.45, 2.75) is 31.7 Å². The summed E-state index contributed by atoms with van der Waals surface area (Å²) in [6.45, 7) is 2.03. The molecule has 178 valence electrons. The van der Waals surface area contributed by atoms with Crippen molar-refractivity contribution in [1.82, 2.24) is 0 Å². The Labute approximate surface area is 210 Å². The number of ketones is 1. The largest absolute Gasteiger partial charge is 0.469 e. The van der Waals surface area contributed by atoms with Crippen LogP contribution in [0.4, 0.5) is 11.4 Å². The van der Waals surface area contributed by atoms with Gasteiger partial charge < -0.3 is 9.73 Å². The van der Waals surface area contributed by atoms with Crippen molar-refractivity contribution in [3.63, 3.8) is 0 Å². The van der Waals surface area contributed by atoms with Crippen molar-refractivity contribution >= 4 is 23.1 Å². The molecule has 5 heteroatoms. The van der Waals surface area contributed by atoms with Crippen molar-refractivity contribution in [3.8, 4) is 0 Å². The summed E-state index contributed by atoms with van der Waals surface area (Å²) in [5.74, 6) is 0.624. The van der Waals surface area contributed by atoms with E-state index in [0.717, 1.165) is 34.0 Å². The van der Waals surface area contributed by atoms with Gasteiger partial charge in [-0.05, 0) is 55.3 Å². The highest BCUT2D eigenvalue weighted by atomic mass is 16.3. The Morgan fingerprint density at radius 1 is 0.889 bits per heavy atom. The quantitative estimate of drug-likeness (QED) is 0.355. The molecule has 36 heavy (non-hydrogen) atoms. The van der Waals surface area contributed by atoms with Gasteiger partial charge in [-0.15, -0.1) is 0 Å². The molecule has 0 saturated carbocycles. The molecule has 4 aromatic rings. The maximum atomic E-state index is 14.1. The Bertz CT molecular complexity index is 1450. The van der Waals surface area contributed by atoms with Crippen LogP contribution in [0, 0.1) is 6.92 Å². The Balaban J connectivity index is 1.58. The molecule has 0 unspecified atom stereocenters. The molecular formula is C31H26N2O3. The number of benzene rings is 3. The number of nitrogens with one attached hydrogen (secondary N) is 1.